The van der Waals surface area contributed by atoms with E-state index >= 15 is 0 Å². The second kappa shape index (κ2) is 6.31. The molecule has 1 aliphatic heterocycles. The first-order valence-electron chi connectivity index (χ1n) is 5.98. The van der Waals surface area contributed by atoms with E-state index in [2.05, 4.69) is 18.2 Å². The third-order valence-electron chi connectivity index (χ3n) is 3.07. The van der Waals surface area contributed by atoms with Crippen molar-refractivity contribution in [2.45, 2.75) is 32.2 Å². The largest absolute Gasteiger partial charge is 0.480 e. The summed E-state index contributed by atoms with van der Waals surface area (Å²) in [5.74, 6) is -0.677. The second-order valence-corrected chi connectivity index (χ2v) is 6.32. The predicted octanol–water partition coefficient (Wildman–Crippen LogP) is 0.582. The number of carboxylic acids is 1. The van der Waals surface area contributed by atoms with Crippen LogP contribution in [0.4, 0.5) is 0 Å². The highest BCUT2D eigenvalue weighted by Gasteiger charge is 2.30. The lowest BCUT2D eigenvalue weighted by Crippen LogP contribution is -2.50. The molecule has 0 saturated carbocycles. The molecule has 1 saturated heterocycles. The molecule has 1 aliphatic rings. The molecule has 1 atom stereocenters. The van der Waals surface area contributed by atoms with Crippen molar-refractivity contribution < 1.29 is 18.3 Å². The van der Waals surface area contributed by atoms with Crippen LogP contribution in [0.1, 0.15) is 26.2 Å². The van der Waals surface area contributed by atoms with Crippen molar-refractivity contribution in [3.05, 3.63) is 12.7 Å². The molecule has 104 valence electrons. The lowest BCUT2D eigenvalue weighted by Gasteiger charge is -2.30. The molecule has 0 aromatic rings. The molecular weight excluding hydrogens is 256 g/mol. The van der Waals surface area contributed by atoms with E-state index in [0.29, 0.717) is 19.0 Å². The number of carbonyl (C=O) groups is 1. The fourth-order valence-corrected chi connectivity index (χ4v) is 3.24. The van der Waals surface area contributed by atoms with Crippen molar-refractivity contribution >= 4 is 16.2 Å². The van der Waals surface area contributed by atoms with Crippen molar-refractivity contribution in [2.24, 2.45) is 5.92 Å². The number of aliphatic carboxylic acids is 1. The predicted molar refractivity (Wildman–Crippen MR) is 68.3 cm³/mol. The van der Waals surface area contributed by atoms with Crippen LogP contribution in [0.5, 0.6) is 0 Å². The number of nitrogens with one attached hydrogen (secondary N) is 1. The van der Waals surface area contributed by atoms with E-state index in [1.165, 1.54) is 10.4 Å². The molecule has 1 fully saturated rings. The Morgan fingerprint density at radius 2 is 2.11 bits per heavy atom. The van der Waals surface area contributed by atoms with Gasteiger partial charge in [0, 0.05) is 13.1 Å². The summed E-state index contributed by atoms with van der Waals surface area (Å²) >= 11 is 0. The van der Waals surface area contributed by atoms with Crippen LogP contribution in [0, 0.1) is 5.92 Å². The van der Waals surface area contributed by atoms with Gasteiger partial charge in [0.25, 0.3) is 10.2 Å². The summed E-state index contributed by atoms with van der Waals surface area (Å²) in [4.78, 5) is 10.9. The van der Waals surface area contributed by atoms with Crippen LogP contribution in [0.2, 0.25) is 0 Å². The SMILES string of the molecule is C=CCC(NS(=O)(=O)N1CCC(C)CC1)C(=O)O. The fourth-order valence-electron chi connectivity index (χ4n) is 1.85. The van der Waals surface area contributed by atoms with Crippen molar-refractivity contribution in [2.75, 3.05) is 13.1 Å². The standard InChI is InChI=1S/C11H20N2O4S/c1-3-4-10(11(14)15)12-18(16,17)13-7-5-9(2)6-8-13/h3,9-10,12H,1,4-8H2,2H3,(H,14,15). The van der Waals surface area contributed by atoms with Gasteiger partial charge in [-0.2, -0.15) is 17.4 Å². The smallest absolute Gasteiger partial charge is 0.322 e. The van der Waals surface area contributed by atoms with E-state index in [9.17, 15) is 13.2 Å². The van der Waals surface area contributed by atoms with E-state index in [4.69, 9.17) is 5.11 Å². The van der Waals surface area contributed by atoms with E-state index in [0.717, 1.165) is 12.8 Å². The Balaban J connectivity index is 2.68. The highest BCUT2D eigenvalue weighted by Crippen LogP contribution is 2.18. The first-order chi connectivity index (χ1) is 8.36. The summed E-state index contributed by atoms with van der Waals surface area (Å²) in [7, 11) is -3.72. The van der Waals surface area contributed by atoms with Gasteiger partial charge in [-0.05, 0) is 25.2 Å². The summed E-state index contributed by atoms with van der Waals surface area (Å²) in [5.41, 5.74) is 0. The Morgan fingerprint density at radius 1 is 1.56 bits per heavy atom. The Kier molecular flexibility index (Phi) is 5.30. The zero-order valence-electron chi connectivity index (χ0n) is 10.5. The summed E-state index contributed by atoms with van der Waals surface area (Å²) in [5, 5.41) is 8.91. The molecule has 2 N–H and O–H groups in total. The molecule has 0 aromatic heterocycles. The molecule has 0 spiro atoms. The number of rotatable bonds is 6. The Bertz CT molecular complexity index is 399. The van der Waals surface area contributed by atoms with Crippen LogP contribution in [0.25, 0.3) is 0 Å². The van der Waals surface area contributed by atoms with Crippen molar-refractivity contribution in [3.63, 3.8) is 0 Å². The normalized spacial score (nSPS) is 20.5. The van der Waals surface area contributed by atoms with E-state index < -0.39 is 22.2 Å². The van der Waals surface area contributed by atoms with Gasteiger partial charge >= 0.3 is 5.97 Å². The van der Waals surface area contributed by atoms with Crippen LogP contribution in [-0.2, 0) is 15.0 Å². The molecule has 18 heavy (non-hydrogen) atoms. The van der Waals surface area contributed by atoms with Crippen molar-refractivity contribution in [1.29, 1.82) is 0 Å². The van der Waals surface area contributed by atoms with Crippen LogP contribution in [-0.4, -0.2) is 42.9 Å². The average Bonchev–Trinajstić information content (AvgIpc) is 2.28. The van der Waals surface area contributed by atoms with Crippen molar-refractivity contribution in [1.82, 2.24) is 9.03 Å². The number of carboxylic acid groups (broad SMARTS) is 1. The lowest BCUT2D eigenvalue weighted by molar-refractivity contribution is -0.138. The van der Waals surface area contributed by atoms with Crippen LogP contribution in [0.15, 0.2) is 12.7 Å². The van der Waals surface area contributed by atoms with Crippen molar-refractivity contribution in [3.8, 4) is 0 Å². The maximum Gasteiger partial charge on any atom is 0.322 e. The van der Waals surface area contributed by atoms with Gasteiger partial charge < -0.3 is 5.11 Å². The Labute approximate surface area is 108 Å². The molecule has 6 nitrogen and oxygen atoms in total. The van der Waals surface area contributed by atoms with E-state index in [-0.39, 0.29) is 6.42 Å². The molecule has 1 unspecified atom stereocenters. The van der Waals surface area contributed by atoms with E-state index in [1.54, 1.807) is 0 Å². The minimum Gasteiger partial charge on any atom is -0.480 e. The summed E-state index contributed by atoms with van der Waals surface area (Å²) in [6, 6.07) is -1.15. The molecular formula is C11H20N2O4S. The van der Waals surface area contributed by atoms with Crippen LogP contribution >= 0.6 is 0 Å². The van der Waals surface area contributed by atoms with Gasteiger partial charge in [0.1, 0.15) is 6.04 Å². The van der Waals surface area contributed by atoms with Gasteiger partial charge in [-0.15, -0.1) is 6.58 Å². The Hall–Kier alpha value is -0.920. The van der Waals surface area contributed by atoms with Gasteiger partial charge in [0.05, 0.1) is 0 Å². The first kappa shape index (κ1) is 15.1. The van der Waals surface area contributed by atoms with Gasteiger partial charge in [-0.3, -0.25) is 4.79 Å². The van der Waals surface area contributed by atoms with Gasteiger partial charge in [0.2, 0.25) is 0 Å². The zero-order chi connectivity index (χ0) is 13.8. The topological polar surface area (TPSA) is 86.7 Å². The summed E-state index contributed by atoms with van der Waals surface area (Å²) < 4.78 is 27.5. The highest BCUT2D eigenvalue weighted by atomic mass is 32.2. The molecule has 1 heterocycles. The zero-order valence-corrected chi connectivity index (χ0v) is 11.3. The van der Waals surface area contributed by atoms with Crippen LogP contribution in [0.3, 0.4) is 0 Å². The number of hydrogen-bond donors (Lipinski definition) is 2. The molecule has 0 radical (unpaired) electrons. The molecule has 7 heteroatoms. The first-order valence-corrected chi connectivity index (χ1v) is 7.42. The summed E-state index contributed by atoms with van der Waals surface area (Å²) in [6.07, 6.45) is 3.07. The second-order valence-electron chi connectivity index (χ2n) is 4.62. The molecule has 0 amide bonds. The average molecular weight is 276 g/mol. The third kappa shape index (κ3) is 4.08. The fraction of sp³-hybridized carbons (Fsp3) is 0.727. The maximum absolute atomic E-state index is 12.0. The number of piperidine rings is 1. The minimum absolute atomic E-state index is 0.0683. The molecule has 0 aromatic carbocycles. The Morgan fingerprint density at radius 3 is 2.56 bits per heavy atom. The highest BCUT2D eigenvalue weighted by molar-refractivity contribution is 7.87. The minimum atomic E-state index is -3.72. The maximum atomic E-state index is 12.0. The number of nitrogens with zero attached hydrogens (tertiary/aromatic N) is 1. The summed E-state index contributed by atoms with van der Waals surface area (Å²) in [6.45, 7) is 6.38. The monoisotopic (exact) mass is 276 g/mol. The van der Waals surface area contributed by atoms with Gasteiger partial charge in [-0.25, -0.2) is 0 Å². The molecule has 0 bridgehead atoms. The van der Waals surface area contributed by atoms with Gasteiger partial charge in [0.15, 0.2) is 0 Å². The van der Waals surface area contributed by atoms with E-state index in [1.807, 2.05) is 0 Å². The molecule has 0 aliphatic carbocycles. The lowest BCUT2D eigenvalue weighted by atomic mass is 10.0. The van der Waals surface area contributed by atoms with Gasteiger partial charge in [-0.1, -0.05) is 13.0 Å². The number of hydrogen-bond acceptors (Lipinski definition) is 3. The molecule has 1 rings (SSSR count). The third-order valence-corrected chi connectivity index (χ3v) is 4.70. The quantitative estimate of drug-likeness (QED) is 0.695. The van der Waals surface area contributed by atoms with Crippen LogP contribution < -0.4 is 4.72 Å².